The summed E-state index contributed by atoms with van der Waals surface area (Å²) in [5, 5.41) is 3.27. The van der Waals surface area contributed by atoms with Crippen molar-refractivity contribution in [1.29, 1.82) is 0 Å². The molecule has 0 heterocycles. The Labute approximate surface area is 153 Å². The smallest absolute Gasteiger partial charge is 0.261 e. The Morgan fingerprint density at radius 3 is 2.08 bits per heavy atom. The van der Waals surface area contributed by atoms with E-state index in [2.05, 4.69) is 10.0 Å². The largest absolute Gasteiger partial charge is 0.497 e. The zero-order chi connectivity index (χ0) is 18.4. The second kappa shape index (κ2) is 7.93. The monoisotopic (exact) mass is 368 g/mol. The maximum atomic E-state index is 12.5. The van der Waals surface area contributed by atoms with Crippen LogP contribution in [0, 0.1) is 0 Å². The fourth-order valence-corrected chi connectivity index (χ4v) is 3.57. The summed E-state index contributed by atoms with van der Waals surface area (Å²) in [7, 11) is -2.01. The van der Waals surface area contributed by atoms with E-state index < -0.39 is 10.0 Å². The van der Waals surface area contributed by atoms with Gasteiger partial charge in [-0.15, -0.1) is 0 Å². The second-order valence-corrected chi connectivity index (χ2v) is 7.35. The third-order valence-electron chi connectivity index (χ3n) is 3.87. The van der Waals surface area contributed by atoms with Crippen LogP contribution in [0.3, 0.4) is 0 Å². The zero-order valence-corrected chi connectivity index (χ0v) is 15.2. The Bertz CT molecular complexity index is 956. The standard InChI is InChI=1S/C20H20N2O3S/c1-25-17-13-11-16(12-14-17)15-21-19-9-5-6-10-20(19)22-26(23,24)18-7-3-2-4-8-18/h2-14,21-22H,15H2,1H3. The van der Waals surface area contributed by atoms with Crippen LogP contribution in [0.4, 0.5) is 11.4 Å². The van der Waals surface area contributed by atoms with Crippen LogP contribution in [0.1, 0.15) is 5.56 Å². The van der Waals surface area contributed by atoms with E-state index in [0.29, 0.717) is 17.9 Å². The maximum Gasteiger partial charge on any atom is 0.261 e. The van der Waals surface area contributed by atoms with Gasteiger partial charge >= 0.3 is 0 Å². The number of methoxy groups -OCH3 is 1. The summed E-state index contributed by atoms with van der Waals surface area (Å²) in [6, 6.07) is 23.2. The van der Waals surface area contributed by atoms with Gasteiger partial charge in [-0.1, -0.05) is 42.5 Å². The molecule has 0 aliphatic heterocycles. The highest BCUT2D eigenvalue weighted by Crippen LogP contribution is 2.25. The lowest BCUT2D eigenvalue weighted by molar-refractivity contribution is 0.414. The van der Waals surface area contributed by atoms with Crippen LogP contribution < -0.4 is 14.8 Å². The van der Waals surface area contributed by atoms with Crippen LogP contribution in [0.25, 0.3) is 0 Å². The van der Waals surface area contributed by atoms with Gasteiger partial charge in [0.05, 0.1) is 23.4 Å². The van der Waals surface area contributed by atoms with Crippen LogP contribution in [-0.4, -0.2) is 15.5 Å². The number of hydrogen-bond donors (Lipinski definition) is 2. The summed E-state index contributed by atoms with van der Waals surface area (Å²) in [6.45, 7) is 0.564. The van der Waals surface area contributed by atoms with Gasteiger partial charge in [0.15, 0.2) is 0 Å². The van der Waals surface area contributed by atoms with Gasteiger partial charge in [0, 0.05) is 6.54 Å². The van der Waals surface area contributed by atoms with Crippen LogP contribution in [0.15, 0.2) is 83.8 Å². The van der Waals surface area contributed by atoms with Crippen molar-refractivity contribution in [3.8, 4) is 5.75 Å². The lowest BCUT2D eigenvalue weighted by atomic mass is 10.2. The van der Waals surface area contributed by atoms with Gasteiger partial charge in [-0.05, 0) is 42.0 Å². The molecule has 0 saturated heterocycles. The van der Waals surface area contributed by atoms with Gasteiger partial charge in [0.2, 0.25) is 0 Å². The predicted octanol–water partition coefficient (Wildman–Crippen LogP) is 4.11. The summed E-state index contributed by atoms with van der Waals surface area (Å²) in [6.07, 6.45) is 0. The van der Waals surface area contributed by atoms with Crippen LogP contribution in [0.5, 0.6) is 5.75 Å². The molecule has 6 heteroatoms. The minimum atomic E-state index is -3.63. The lowest BCUT2D eigenvalue weighted by Gasteiger charge is -2.14. The van der Waals surface area contributed by atoms with Gasteiger partial charge in [-0.3, -0.25) is 4.72 Å². The van der Waals surface area contributed by atoms with Crippen molar-refractivity contribution in [3.63, 3.8) is 0 Å². The van der Waals surface area contributed by atoms with Gasteiger partial charge < -0.3 is 10.1 Å². The molecule has 0 spiro atoms. The Morgan fingerprint density at radius 2 is 1.42 bits per heavy atom. The minimum absolute atomic E-state index is 0.227. The molecule has 0 radical (unpaired) electrons. The van der Waals surface area contributed by atoms with Crippen LogP contribution in [-0.2, 0) is 16.6 Å². The first-order valence-corrected chi connectivity index (χ1v) is 9.60. The molecule has 134 valence electrons. The van der Waals surface area contributed by atoms with Crippen molar-refractivity contribution in [1.82, 2.24) is 0 Å². The first-order valence-electron chi connectivity index (χ1n) is 8.12. The number of anilines is 2. The molecule has 3 rings (SSSR count). The third-order valence-corrected chi connectivity index (χ3v) is 5.25. The van der Waals surface area contributed by atoms with Crippen molar-refractivity contribution in [2.45, 2.75) is 11.4 Å². The number of sulfonamides is 1. The Balaban J connectivity index is 1.75. The zero-order valence-electron chi connectivity index (χ0n) is 14.3. The Hall–Kier alpha value is -2.99. The fraction of sp³-hybridized carbons (Fsp3) is 0.100. The van der Waals surface area contributed by atoms with Gasteiger partial charge in [-0.25, -0.2) is 8.42 Å². The minimum Gasteiger partial charge on any atom is -0.497 e. The van der Waals surface area contributed by atoms with E-state index >= 15 is 0 Å². The van der Waals surface area contributed by atoms with E-state index in [9.17, 15) is 8.42 Å². The molecule has 3 aromatic rings. The van der Waals surface area contributed by atoms with Crippen LogP contribution in [0.2, 0.25) is 0 Å². The highest BCUT2D eigenvalue weighted by Gasteiger charge is 2.15. The highest BCUT2D eigenvalue weighted by atomic mass is 32.2. The number of hydrogen-bond acceptors (Lipinski definition) is 4. The molecule has 26 heavy (non-hydrogen) atoms. The molecular weight excluding hydrogens is 348 g/mol. The Kier molecular flexibility index (Phi) is 5.43. The van der Waals surface area contributed by atoms with Crippen molar-refractivity contribution >= 4 is 21.4 Å². The molecule has 0 bridgehead atoms. The summed E-state index contributed by atoms with van der Waals surface area (Å²) < 4.78 is 32.9. The highest BCUT2D eigenvalue weighted by molar-refractivity contribution is 7.92. The number of ether oxygens (including phenoxy) is 1. The molecular formula is C20H20N2O3S. The van der Waals surface area contributed by atoms with E-state index in [0.717, 1.165) is 11.3 Å². The van der Waals surface area contributed by atoms with Gasteiger partial charge in [-0.2, -0.15) is 0 Å². The summed E-state index contributed by atoms with van der Waals surface area (Å²) >= 11 is 0. The molecule has 5 nitrogen and oxygen atoms in total. The van der Waals surface area contributed by atoms with Crippen molar-refractivity contribution in [2.75, 3.05) is 17.1 Å². The number of rotatable bonds is 7. The molecule has 0 aliphatic rings. The number of para-hydroxylation sites is 2. The molecule has 0 amide bonds. The quantitative estimate of drug-likeness (QED) is 0.659. The maximum absolute atomic E-state index is 12.5. The topological polar surface area (TPSA) is 67.4 Å². The number of nitrogens with one attached hydrogen (secondary N) is 2. The van der Waals surface area contributed by atoms with E-state index in [1.165, 1.54) is 0 Å². The fourth-order valence-electron chi connectivity index (χ4n) is 2.47. The molecule has 3 aromatic carbocycles. The SMILES string of the molecule is COc1ccc(CNc2ccccc2NS(=O)(=O)c2ccccc2)cc1. The summed E-state index contributed by atoms with van der Waals surface area (Å²) in [4.78, 5) is 0.227. The van der Waals surface area contributed by atoms with Crippen molar-refractivity contribution in [3.05, 3.63) is 84.4 Å². The van der Waals surface area contributed by atoms with E-state index in [1.54, 1.807) is 49.6 Å². The molecule has 0 saturated carbocycles. The molecule has 2 N–H and O–H groups in total. The first kappa shape index (κ1) is 17.8. The second-order valence-electron chi connectivity index (χ2n) is 5.67. The van der Waals surface area contributed by atoms with E-state index in [4.69, 9.17) is 4.74 Å². The predicted molar refractivity (Wildman–Crippen MR) is 104 cm³/mol. The molecule has 0 unspecified atom stereocenters. The van der Waals surface area contributed by atoms with Crippen molar-refractivity contribution < 1.29 is 13.2 Å². The molecule has 0 atom stereocenters. The Morgan fingerprint density at radius 1 is 0.808 bits per heavy atom. The average molecular weight is 368 g/mol. The van der Waals surface area contributed by atoms with Gasteiger partial charge in [0.1, 0.15) is 5.75 Å². The van der Waals surface area contributed by atoms with E-state index in [1.807, 2.05) is 36.4 Å². The normalized spacial score (nSPS) is 11.0. The van der Waals surface area contributed by atoms with Gasteiger partial charge in [0.25, 0.3) is 10.0 Å². The summed E-state index contributed by atoms with van der Waals surface area (Å²) in [5.74, 6) is 0.796. The summed E-state index contributed by atoms with van der Waals surface area (Å²) in [5.41, 5.74) is 2.28. The lowest BCUT2D eigenvalue weighted by Crippen LogP contribution is -2.14. The molecule has 0 aliphatic carbocycles. The average Bonchev–Trinajstić information content (AvgIpc) is 2.68. The van der Waals surface area contributed by atoms with E-state index in [-0.39, 0.29) is 4.90 Å². The van der Waals surface area contributed by atoms with Crippen LogP contribution >= 0.6 is 0 Å². The third kappa shape index (κ3) is 4.34. The molecule has 0 fully saturated rings. The van der Waals surface area contributed by atoms with Crippen molar-refractivity contribution in [2.24, 2.45) is 0 Å². The number of benzene rings is 3. The molecule has 0 aromatic heterocycles. The first-order chi connectivity index (χ1) is 12.6.